The number of amides is 1. The first kappa shape index (κ1) is 21.6. The van der Waals surface area contributed by atoms with Crippen LogP contribution in [-0.2, 0) is 14.8 Å². The zero-order valence-electron chi connectivity index (χ0n) is 16.0. The van der Waals surface area contributed by atoms with E-state index in [1.54, 1.807) is 30.8 Å². The molecule has 0 saturated carbocycles. The van der Waals surface area contributed by atoms with Gasteiger partial charge in [0, 0.05) is 5.25 Å². The van der Waals surface area contributed by atoms with Crippen LogP contribution in [-0.4, -0.2) is 42.1 Å². The quantitative estimate of drug-likeness (QED) is 0.511. The van der Waals surface area contributed by atoms with Crippen molar-refractivity contribution in [2.75, 3.05) is 15.9 Å². The molecule has 2 rings (SSSR count). The van der Waals surface area contributed by atoms with Crippen molar-refractivity contribution in [2.45, 2.75) is 49.7 Å². The van der Waals surface area contributed by atoms with Crippen molar-refractivity contribution in [3.05, 3.63) is 29.8 Å². The smallest absolute Gasteiger partial charge is 0.250 e. The summed E-state index contributed by atoms with van der Waals surface area (Å²) in [6, 6.07) is 6.16. The normalized spacial score (nSPS) is 12.8. The second kappa shape index (κ2) is 9.03. The fourth-order valence-corrected chi connectivity index (χ4v) is 5.64. The summed E-state index contributed by atoms with van der Waals surface area (Å²) in [6.07, 6.45) is 1.42. The number of anilines is 2. The van der Waals surface area contributed by atoms with Crippen LogP contribution in [0.15, 0.2) is 28.6 Å². The molecule has 0 bridgehead atoms. The van der Waals surface area contributed by atoms with Crippen molar-refractivity contribution in [1.82, 2.24) is 10.2 Å². The van der Waals surface area contributed by atoms with Gasteiger partial charge in [-0.1, -0.05) is 61.6 Å². The Morgan fingerprint density at radius 2 is 1.89 bits per heavy atom. The van der Waals surface area contributed by atoms with E-state index in [4.69, 9.17) is 0 Å². The van der Waals surface area contributed by atoms with Gasteiger partial charge in [-0.2, -0.15) is 0 Å². The van der Waals surface area contributed by atoms with Crippen LogP contribution in [0.25, 0.3) is 0 Å². The summed E-state index contributed by atoms with van der Waals surface area (Å²) in [7, 11) is -3.65. The van der Waals surface area contributed by atoms with Crippen molar-refractivity contribution >= 4 is 49.8 Å². The molecule has 1 N–H and O–H groups in total. The van der Waals surface area contributed by atoms with E-state index in [1.165, 1.54) is 11.3 Å². The highest BCUT2D eigenvalue weighted by Crippen LogP contribution is 2.29. The van der Waals surface area contributed by atoms with E-state index in [-0.39, 0.29) is 0 Å². The van der Waals surface area contributed by atoms with Crippen LogP contribution in [0.1, 0.15) is 32.8 Å². The van der Waals surface area contributed by atoms with Crippen LogP contribution in [0.3, 0.4) is 0 Å². The Morgan fingerprint density at radius 3 is 2.41 bits per heavy atom. The van der Waals surface area contributed by atoms with Crippen molar-refractivity contribution in [3.63, 3.8) is 0 Å². The Hall–Kier alpha value is -1.65. The summed E-state index contributed by atoms with van der Waals surface area (Å²) in [4.78, 5) is 12.8. The van der Waals surface area contributed by atoms with Crippen molar-refractivity contribution in [2.24, 2.45) is 0 Å². The van der Waals surface area contributed by atoms with Gasteiger partial charge in [-0.15, -0.1) is 10.2 Å². The molecule has 1 amide bonds. The molecular weight excluding hydrogens is 404 g/mol. The van der Waals surface area contributed by atoms with Crippen LogP contribution < -0.4 is 9.62 Å². The van der Waals surface area contributed by atoms with E-state index in [1.807, 2.05) is 32.9 Å². The summed E-state index contributed by atoms with van der Waals surface area (Å²) < 4.78 is 26.7. The number of carbonyl (C=O) groups is 1. The first-order chi connectivity index (χ1) is 12.6. The monoisotopic (exact) mass is 428 g/mol. The van der Waals surface area contributed by atoms with Gasteiger partial charge >= 0.3 is 0 Å². The average Bonchev–Trinajstić information content (AvgIpc) is 2.98. The third-order valence-electron chi connectivity index (χ3n) is 3.59. The van der Waals surface area contributed by atoms with Gasteiger partial charge in [0.05, 0.1) is 11.9 Å². The number of aromatic nitrogens is 2. The molecule has 0 radical (unpaired) electrons. The van der Waals surface area contributed by atoms with Crippen molar-refractivity contribution in [1.29, 1.82) is 0 Å². The zero-order chi connectivity index (χ0) is 20.2. The number of rotatable bonds is 8. The molecule has 1 aromatic carbocycles. The second-order valence-electron chi connectivity index (χ2n) is 6.35. The first-order valence-electron chi connectivity index (χ1n) is 8.49. The number of nitrogens with zero attached hydrogens (tertiary/aromatic N) is 3. The molecule has 1 unspecified atom stereocenters. The minimum atomic E-state index is -3.65. The van der Waals surface area contributed by atoms with Gasteiger partial charge in [0.1, 0.15) is 6.04 Å². The highest BCUT2D eigenvalue weighted by atomic mass is 32.2. The van der Waals surface area contributed by atoms with Crippen LogP contribution >= 0.6 is 23.1 Å². The third-order valence-corrected chi connectivity index (χ3v) is 6.70. The molecule has 2 aromatic rings. The molecule has 0 aliphatic rings. The molecule has 7 nitrogen and oxygen atoms in total. The molecule has 0 spiro atoms. The number of nitrogens with one attached hydrogen (secondary N) is 1. The first-order valence-corrected chi connectivity index (χ1v) is 12.0. The van der Waals surface area contributed by atoms with Gasteiger partial charge in [0.2, 0.25) is 21.1 Å². The molecule has 1 atom stereocenters. The average molecular weight is 429 g/mol. The Morgan fingerprint density at radius 1 is 1.26 bits per heavy atom. The molecule has 27 heavy (non-hydrogen) atoms. The molecule has 0 aliphatic heterocycles. The standard InChI is InChI=1S/C17H24N4O3S3/c1-6-14(15(22)18-16-19-20-17(26-16)25-11(2)3)21(27(5,23)24)13-9-7-12(4)8-10-13/h7-11,14H,6H2,1-5H3,(H,18,19,22). The number of benzene rings is 1. The van der Waals surface area contributed by atoms with Crippen molar-refractivity contribution in [3.8, 4) is 0 Å². The molecular formula is C17H24N4O3S3. The summed E-state index contributed by atoms with van der Waals surface area (Å²) in [5, 5.41) is 11.4. The Bertz CT molecular complexity index is 879. The summed E-state index contributed by atoms with van der Waals surface area (Å²) in [5.41, 5.74) is 1.46. The predicted octanol–water partition coefficient (Wildman–Crippen LogP) is 3.53. The SMILES string of the molecule is CCC(C(=O)Nc1nnc(SC(C)C)s1)N(c1ccc(C)cc1)S(C)(=O)=O. The van der Waals surface area contributed by atoms with Crippen LogP contribution in [0.2, 0.25) is 0 Å². The molecule has 148 valence electrons. The number of hydrogen-bond acceptors (Lipinski definition) is 7. The lowest BCUT2D eigenvalue weighted by Crippen LogP contribution is -2.47. The van der Waals surface area contributed by atoms with Gasteiger partial charge < -0.3 is 0 Å². The molecule has 1 aromatic heterocycles. The summed E-state index contributed by atoms with van der Waals surface area (Å²) in [6.45, 7) is 7.78. The topological polar surface area (TPSA) is 92.3 Å². The van der Waals surface area contributed by atoms with E-state index in [9.17, 15) is 13.2 Å². The maximum atomic E-state index is 12.8. The lowest BCUT2D eigenvalue weighted by Gasteiger charge is -2.29. The molecule has 1 heterocycles. The van der Waals surface area contributed by atoms with Gasteiger partial charge in [0.25, 0.3) is 0 Å². The number of carbonyl (C=O) groups excluding carboxylic acids is 1. The minimum absolute atomic E-state index is 0.319. The van der Waals surface area contributed by atoms with Crippen LogP contribution in [0, 0.1) is 6.92 Å². The van der Waals surface area contributed by atoms with E-state index in [0.29, 0.717) is 22.5 Å². The summed E-state index contributed by atoms with van der Waals surface area (Å²) >= 11 is 2.83. The Balaban J connectivity index is 2.26. The Kier molecular flexibility index (Phi) is 7.24. The fourth-order valence-electron chi connectivity index (χ4n) is 2.45. The number of thioether (sulfide) groups is 1. The number of aryl methyl sites for hydroxylation is 1. The van der Waals surface area contributed by atoms with Crippen LogP contribution in [0.5, 0.6) is 0 Å². The van der Waals surface area contributed by atoms with Gasteiger partial charge in [-0.25, -0.2) is 8.42 Å². The Labute approximate surface area is 168 Å². The van der Waals surface area contributed by atoms with E-state index in [2.05, 4.69) is 15.5 Å². The maximum absolute atomic E-state index is 12.8. The molecule has 0 aliphatic carbocycles. The summed E-state index contributed by atoms with van der Waals surface area (Å²) in [5.74, 6) is -0.430. The highest BCUT2D eigenvalue weighted by Gasteiger charge is 2.32. The lowest BCUT2D eigenvalue weighted by atomic mass is 10.1. The van der Waals surface area contributed by atoms with Crippen molar-refractivity contribution < 1.29 is 13.2 Å². The minimum Gasteiger partial charge on any atom is -0.299 e. The van der Waals surface area contributed by atoms with E-state index >= 15 is 0 Å². The third kappa shape index (κ3) is 5.91. The van der Waals surface area contributed by atoms with Gasteiger partial charge in [0.15, 0.2) is 4.34 Å². The molecule has 10 heteroatoms. The molecule has 0 fully saturated rings. The number of sulfonamides is 1. The number of hydrogen-bond donors (Lipinski definition) is 1. The lowest BCUT2D eigenvalue weighted by molar-refractivity contribution is -0.117. The van der Waals surface area contributed by atoms with E-state index < -0.39 is 22.0 Å². The molecule has 0 saturated heterocycles. The zero-order valence-corrected chi connectivity index (χ0v) is 18.4. The maximum Gasteiger partial charge on any atom is 0.250 e. The van der Waals surface area contributed by atoms with Gasteiger partial charge in [-0.05, 0) is 25.5 Å². The van der Waals surface area contributed by atoms with E-state index in [0.717, 1.165) is 20.5 Å². The fraction of sp³-hybridized carbons (Fsp3) is 0.471. The van der Waals surface area contributed by atoms with Crippen LogP contribution in [0.4, 0.5) is 10.8 Å². The highest BCUT2D eigenvalue weighted by molar-refractivity contribution is 8.01. The predicted molar refractivity (Wildman–Crippen MR) is 112 cm³/mol. The largest absolute Gasteiger partial charge is 0.299 e. The van der Waals surface area contributed by atoms with Gasteiger partial charge in [-0.3, -0.25) is 14.4 Å². The second-order valence-corrected chi connectivity index (χ2v) is 11.0.